The van der Waals surface area contributed by atoms with E-state index < -0.39 is 18.1 Å². The summed E-state index contributed by atoms with van der Waals surface area (Å²) in [5, 5.41) is 3.34. The van der Waals surface area contributed by atoms with E-state index in [1.54, 1.807) is 11.8 Å². The molecular formula is C16H20F3NS. The van der Waals surface area contributed by atoms with Crippen LogP contribution in [-0.2, 0) is 0 Å². The fourth-order valence-electron chi connectivity index (χ4n) is 3.50. The van der Waals surface area contributed by atoms with Gasteiger partial charge in [-0.3, -0.25) is 0 Å². The number of benzene rings is 1. The predicted molar refractivity (Wildman–Crippen MR) is 79.5 cm³/mol. The van der Waals surface area contributed by atoms with Crippen molar-refractivity contribution in [3.05, 3.63) is 29.8 Å². The molecule has 1 aliphatic heterocycles. The smallest absolute Gasteiger partial charge is 0.306 e. The molecule has 0 amide bonds. The van der Waals surface area contributed by atoms with Crippen LogP contribution in [0, 0.1) is 5.92 Å². The first-order chi connectivity index (χ1) is 10.1. The minimum absolute atomic E-state index is 0.0652. The summed E-state index contributed by atoms with van der Waals surface area (Å²) in [6, 6.07) is 7.71. The maximum Gasteiger partial charge on any atom is 0.393 e. The van der Waals surface area contributed by atoms with Gasteiger partial charge in [0.1, 0.15) is 0 Å². The van der Waals surface area contributed by atoms with E-state index in [1.165, 1.54) is 10.5 Å². The zero-order chi connectivity index (χ0) is 14.9. The largest absolute Gasteiger partial charge is 0.393 e. The summed E-state index contributed by atoms with van der Waals surface area (Å²) >= 11 is 1.80. The van der Waals surface area contributed by atoms with Gasteiger partial charge in [-0.25, -0.2) is 0 Å². The molecule has 1 fully saturated rings. The number of nitrogens with one attached hydrogen (secondary N) is 1. The highest BCUT2D eigenvalue weighted by Gasteiger charge is 2.46. The second kappa shape index (κ2) is 6.21. The van der Waals surface area contributed by atoms with E-state index in [4.69, 9.17) is 0 Å². The van der Waals surface area contributed by atoms with Crippen LogP contribution in [0.3, 0.4) is 0 Å². The molecule has 1 heterocycles. The molecule has 1 saturated carbocycles. The van der Waals surface area contributed by atoms with Crippen LogP contribution in [0.25, 0.3) is 0 Å². The Kier molecular flexibility index (Phi) is 4.50. The lowest BCUT2D eigenvalue weighted by Crippen LogP contribution is -2.47. The van der Waals surface area contributed by atoms with E-state index in [-0.39, 0.29) is 12.5 Å². The summed E-state index contributed by atoms with van der Waals surface area (Å²) in [7, 11) is 0. The summed E-state index contributed by atoms with van der Waals surface area (Å²) in [4.78, 5) is 1.21. The van der Waals surface area contributed by atoms with Gasteiger partial charge in [0, 0.05) is 17.0 Å². The molecule has 3 unspecified atom stereocenters. The minimum atomic E-state index is -4.08. The molecule has 5 heteroatoms. The maximum atomic E-state index is 13.2. The average molecular weight is 315 g/mol. The second-order valence-corrected chi connectivity index (χ2v) is 7.07. The zero-order valence-corrected chi connectivity index (χ0v) is 12.6. The van der Waals surface area contributed by atoms with Crippen molar-refractivity contribution in [1.82, 2.24) is 5.32 Å². The monoisotopic (exact) mass is 315 g/mol. The molecule has 3 atom stereocenters. The molecule has 116 valence electrons. The summed E-state index contributed by atoms with van der Waals surface area (Å²) in [6.07, 6.45) is -0.684. The van der Waals surface area contributed by atoms with Gasteiger partial charge in [0.05, 0.1) is 5.92 Å². The topological polar surface area (TPSA) is 12.0 Å². The van der Waals surface area contributed by atoms with Crippen molar-refractivity contribution in [2.75, 3.05) is 5.75 Å². The Bertz CT molecular complexity index is 489. The van der Waals surface area contributed by atoms with Crippen molar-refractivity contribution in [3.63, 3.8) is 0 Å². The van der Waals surface area contributed by atoms with Crippen LogP contribution in [0.5, 0.6) is 0 Å². The van der Waals surface area contributed by atoms with Crippen LogP contribution in [0.4, 0.5) is 13.2 Å². The van der Waals surface area contributed by atoms with Gasteiger partial charge < -0.3 is 5.32 Å². The van der Waals surface area contributed by atoms with Crippen molar-refractivity contribution in [3.8, 4) is 0 Å². The highest BCUT2D eigenvalue weighted by molar-refractivity contribution is 7.99. The van der Waals surface area contributed by atoms with Gasteiger partial charge >= 0.3 is 6.18 Å². The van der Waals surface area contributed by atoms with Crippen LogP contribution < -0.4 is 5.32 Å². The highest BCUT2D eigenvalue weighted by Crippen LogP contribution is 2.41. The van der Waals surface area contributed by atoms with E-state index in [0.717, 1.165) is 18.6 Å². The third-order valence-electron chi connectivity index (χ3n) is 4.56. The van der Waals surface area contributed by atoms with Crippen LogP contribution in [0.2, 0.25) is 0 Å². The molecule has 3 rings (SSSR count). The molecule has 0 aromatic heterocycles. The number of hydrogen-bond donors (Lipinski definition) is 1. The Labute approximate surface area is 127 Å². The van der Waals surface area contributed by atoms with Crippen molar-refractivity contribution in [2.45, 2.75) is 55.3 Å². The van der Waals surface area contributed by atoms with Gasteiger partial charge in [-0.15, -0.1) is 11.8 Å². The third kappa shape index (κ3) is 3.39. The molecule has 0 radical (unpaired) electrons. The molecule has 1 aromatic carbocycles. The van der Waals surface area contributed by atoms with Crippen molar-refractivity contribution < 1.29 is 13.2 Å². The van der Waals surface area contributed by atoms with Crippen LogP contribution >= 0.6 is 11.8 Å². The standard InChI is InChI=1S/C16H20F3NS/c17-16(18,19)12-6-2-3-7-14(12)20-13-9-10-21-15-8-4-1-5-11(13)15/h1,4-5,8,12-14,20H,2-3,6-7,9-10H2. The Hall–Kier alpha value is -0.680. The van der Waals surface area contributed by atoms with E-state index >= 15 is 0 Å². The third-order valence-corrected chi connectivity index (χ3v) is 5.68. The summed E-state index contributed by atoms with van der Waals surface area (Å²) < 4.78 is 39.6. The summed E-state index contributed by atoms with van der Waals surface area (Å²) in [5.74, 6) is -0.217. The normalized spacial score (nSPS) is 30.0. The van der Waals surface area contributed by atoms with E-state index in [2.05, 4.69) is 11.4 Å². The van der Waals surface area contributed by atoms with Gasteiger partial charge in [-0.2, -0.15) is 13.2 Å². The van der Waals surface area contributed by atoms with Crippen molar-refractivity contribution in [1.29, 1.82) is 0 Å². The molecule has 1 nitrogen and oxygen atoms in total. The van der Waals surface area contributed by atoms with E-state index in [9.17, 15) is 13.2 Å². The Balaban J connectivity index is 1.77. The Morgan fingerprint density at radius 2 is 1.81 bits per heavy atom. The number of rotatable bonds is 2. The lowest BCUT2D eigenvalue weighted by molar-refractivity contribution is -0.189. The van der Waals surface area contributed by atoms with Gasteiger partial charge in [-0.05, 0) is 36.6 Å². The van der Waals surface area contributed by atoms with Crippen molar-refractivity contribution >= 4 is 11.8 Å². The van der Waals surface area contributed by atoms with Crippen LogP contribution in [-0.4, -0.2) is 18.0 Å². The van der Waals surface area contributed by atoms with Gasteiger partial charge in [-0.1, -0.05) is 31.0 Å². The first-order valence-corrected chi connectivity index (χ1v) is 8.59. The first kappa shape index (κ1) is 15.2. The zero-order valence-electron chi connectivity index (χ0n) is 11.8. The van der Waals surface area contributed by atoms with E-state index in [0.29, 0.717) is 12.8 Å². The number of fused-ring (bicyclic) bond motifs is 1. The molecule has 0 bridgehead atoms. The summed E-state index contributed by atoms with van der Waals surface area (Å²) in [6.45, 7) is 0. The number of halogens is 3. The SMILES string of the molecule is FC(F)(F)C1CCCCC1NC1CCSc2ccccc21. The quantitative estimate of drug-likeness (QED) is 0.830. The fraction of sp³-hybridized carbons (Fsp3) is 0.625. The molecule has 0 saturated heterocycles. The minimum Gasteiger partial charge on any atom is -0.306 e. The molecule has 1 aromatic rings. The average Bonchev–Trinajstić information content (AvgIpc) is 2.47. The number of alkyl halides is 3. The molecule has 1 N–H and O–H groups in total. The Morgan fingerprint density at radius 3 is 2.62 bits per heavy atom. The second-order valence-electron chi connectivity index (χ2n) is 5.93. The molecule has 21 heavy (non-hydrogen) atoms. The lowest BCUT2D eigenvalue weighted by atomic mass is 9.83. The molecule has 1 aliphatic carbocycles. The Morgan fingerprint density at radius 1 is 1.05 bits per heavy atom. The summed E-state index contributed by atoms with van der Waals surface area (Å²) in [5.41, 5.74) is 1.17. The highest BCUT2D eigenvalue weighted by atomic mass is 32.2. The van der Waals surface area contributed by atoms with Crippen molar-refractivity contribution in [2.24, 2.45) is 5.92 Å². The number of hydrogen-bond acceptors (Lipinski definition) is 2. The van der Waals surface area contributed by atoms with Crippen LogP contribution in [0.15, 0.2) is 29.2 Å². The first-order valence-electron chi connectivity index (χ1n) is 7.60. The van der Waals surface area contributed by atoms with Gasteiger partial charge in [0.2, 0.25) is 0 Å². The maximum absolute atomic E-state index is 13.2. The predicted octanol–water partition coefficient (Wildman–Crippen LogP) is 4.93. The molecule has 2 aliphatic rings. The fourth-order valence-corrected chi connectivity index (χ4v) is 4.62. The number of thioether (sulfide) groups is 1. The molecule has 0 spiro atoms. The van der Waals surface area contributed by atoms with Crippen LogP contribution in [0.1, 0.15) is 43.7 Å². The lowest BCUT2D eigenvalue weighted by Gasteiger charge is -2.37. The van der Waals surface area contributed by atoms with Gasteiger partial charge in [0.15, 0.2) is 0 Å². The van der Waals surface area contributed by atoms with Gasteiger partial charge in [0.25, 0.3) is 0 Å². The molecular weight excluding hydrogens is 295 g/mol. The van der Waals surface area contributed by atoms with E-state index in [1.807, 2.05) is 18.2 Å².